The molecule has 17 heavy (non-hydrogen) atoms. The average Bonchev–Trinajstić information content (AvgIpc) is 2.91. The van der Waals surface area contributed by atoms with E-state index in [-0.39, 0.29) is 0 Å². The van der Waals surface area contributed by atoms with E-state index in [1.165, 1.54) is 19.2 Å². The van der Waals surface area contributed by atoms with E-state index in [4.69, 9.17) is 9.15 Å². The number of rotatable bonds is 1. The van der Waals surface area contributed by atoms with Crippen molar-refractivity contribution in [2.24, 2.45) is 0 Å². The van der Waals surface area contributed by atoms with Crippen molar-refractivity contribution in [3.05, 3.63) is 18.7 Å². The normalized spacial score (nSPS) is 27.9. The van der Waals surface area contributed by atoms with E-state index in [1.54, 1.807) is 6.20 Å². The summed E-state index contributed by atoms with van der Waals surface area (Å²) in [5.74, 6) is 0.991. The molecule has 2 saturated heterocycles. The minimum absolute atomic E-state index is 0.474. The summed E-state index contributed by atoms with van der Waals surface area (Å²) in [4.78, 5) is 11.0. The molecule has 2 unspecified atom stereocenters. The van der Waals surface area contributed by atoms with Crippen LogP contribution in [0.15, 0.2) is 23.1 Å². The SMILES string of the molecule is c1nc2cnc(N3C4CCC3COC4)cc2o1. The molecule has 2 fully saturated rings. The third-order valence-corrected chi connectivity index (χ3v) is 3.71. The van der Waals surface area contributed by atoms with E-state index < -0.39 is 0 Å². The number of pyridine rings is 1. The molecule has 0 radical (unpaired) electrons. The predicted molar refractivity (Wildman–Crippen MR) is 61.9 cm³/mol. The van der Waals surface area contributed by atoms with Crippen LogP contribution in [0.4, 0.5) is 5.82 Å². The Morgan fingerprint density at radius 3 is 2.82 bits per heavy atom. The standard InChI is InChI=1S/C12H13N3O2/c1-2-9-6-16-5-8(1)15(9)12-3-11-10(4-13-12)14-7-17-11/h3-4,7-9H,1-2,5-6H2. The van der Waals surface area contributed by atoms with Crippen molar-refractivity contribution >= 4 is 16.9 Å². The second kappa shape index (κ2) is 3.43. The van der Waals surface area contributed by atoms with Crippen molar-refractivity contribution < 1.29 is 9.15 Å². The highest BCUT2D eigenvalue weighted by Gasteiger charge is 2.38. The van der Waals surface area contributed by atoms with E-state index in [2.05, 4.69) is 14.9 Å². The Bertz CT molecular complexity index is 537. The van der Waals surface area contributed by atoms with Crippen molar-refractivity contribution in [1.82, 2.24) is 9.97 Å². The van der Waals surface area contributed by atoms with Gasteiger partial charge in [0.1, 0.15) is 11.3 Å². The molecule has 2 aliphatic heterocycles. The second-order valence-corrected chi connectivity index (χ2v) is 4.69. The molecule has 0 aliphatic carbocycles. The van der Waals surface area contributed by atoms with Gasteiger partial charge in [-0.1, -0.05) is 0 Å². The molecule has 2 atom stereocenters. The fourth-order valence-electron chi connectivity index (χ4n) is 2.89. The molecule has 5 heteroatoms. The van der Waals surface area contributed by atoms with Gasteiger partial charge in [-0.15, -0.1) is 0 Å². The molecule has 0 spiro atoms. The number of oxazole rings is 1. The number of nitrogens with zero attached hydrogens (tertiary/aromatic N) is 3. The summed E-state index contributed by atoms with van der Waals surface area (Å²) in [6, 6.07) is 2.93. The van der Waals surface area contributed by atoms with Gasteiger partial charge >= 0.3 is 0 Å². The average molecular weight is 231 g/mol. The molecule has 2 aromatic rings. The first-order valence-corrected chi connectivity index (χ1v) is 5.97. The number of aromatic nitrogens is 2. The predicted octanol–water partition coefficient (Wildman–Crippen LogP) is 1.59. The number of anilines is 1. The Morgan fingerprint density at radius 1 is 1.18 bits per heavy atom. The summed E-state index contributed by atoms with van der Waals surface area (Å²) in [5.41, 5.74) is 1.62. The zero-order valence-corrected chi connectivity index (χ0v) is 9.37. The van der Waals surface area contributed by atoms with Crippen LogP contribution in [0.3, 0.4) is 0 Å². The van der Waals surface area contributed by atoms with Crippen LogP contribution in [-0.2, 0) is 4.74 Å². The first kappa shape index (κ1) is 9.41. The maximum absolute atomic E-state index is 5.58. The fraction of sp³-hybridized carbons (Fsp3) is 0.500. The topological polar surface area (TPSA) is 51.4 Å². The van der Waals surface area contributed by atoms with E-state index >= 15 is 0 Å². The minimum atomic E-state index is 0.474. The zero-order chi connectivity index (χ0) is 11.2. The number of hydrogen-bond acceptors (Lipinski definition) is 5. The Kier molecular flexibility index (Phi) is 1.90. The second-order valence-electron chi connectivity index (χ2n) is 4.69. The quantitative estimate of drug-likeness (QED) is 0.746. The van der Waals surface area contributed by atoms with Gasteiger partial charge in [0.05, 0.1) is 31.5 Å². The molecule has 2 aromatic heterocycles. The van der Waals surface area contributed by atoms with Crippen LogP contribution in [0.2, 0.25) is 0 Å². The lowest BCUT2D eigenvalue weighted by Crippen LogP contribution is -2.46. The maximum Gasteiger partial charge on any atom is 0.182 e. The maximum atomic E-state index is 5.58. The molecular formula is C12H13N3O2. The largest absolute Gasteiger partial charge is 0.443 e. The van der Waals surface area contributed by atoms with Crippen molar-refractivity contribution in [2.45, 2.75) is 24.9 Å². The first-order chi connectivity index (χ1) is 8.42. The molecule has 0 amide bonds. The minimum Gasteiger partial charge on any atom is -0.443 e. The third-order valence-electron chi connectivity index (χ3n) is 3.71. The summed E-state index contributed by atoms with van der Waals surface area (Å²) >= 11 is 0. The number of ether oxygens (including phenoxy) is 1. The van der Waals surface area contributed by atoms with E-state index in [0.717, 1.165) is 30.1 Å². The Morgan fingerprint density at radius 2 is 2.00 bits per heavy atom. The molecule has 0 saturated carbocycles. The number of morpholine rings is 1. The fourth-order valence-corrected chi connectivity index (χ4v) is 2.89. The third kappa shape index (κ3) is 1.35. The van der Waals surface area contributed by atoms with Crippen molar-refractivity contribution in [3.63, 3.8) is 0 Å². The Balaban J connectivity index is 1.78. The van der Waals surface area contributed by atoms with Crippen LogP contribution in [-0.4, -0.2) is 35.3 Å². The van der Waals surface area contributed by atoms with Gasteiger partial charge in [-0.05, 0) is 12.8 Å². The van der Waals surface area contributed by atoms with Gasteiger partial charge in [0.25, 0.3) is 0 Å². The molecule has 4 heterocycles. The van der Waals surface area contributed by atoms with Crippen LogP contribution < -0.4 is 4.90 Å². The van der Waals surface area contributed by atoms with Crippen molar-refractivity contribution in [1.29, 1.82) is 0 Å². The molecule has 5 nitrogen and oxygen atoms in total. The molecule has 2 aliphatic rings. The van der Waals surface area contributed by atoms with Gasteiger partial charge in [0, 0.05) is 6.07 Å². The molecule has 0 N–H and O–H groups in total. The van der Waals surface area contributed by atoms with Gasteiger partial charge in [-0.25, -0.2) is 9.97 Å². The van der Waals surface area contributed by atoms with Crippen molar-refractivity contribution in [2.75, 3.05) is 18.1 Å². The monoisotopic (exact) mass is 231 g/mol. The molecule has 2 bridgehead atoms. The van der Waals surface area contributed by atoms with Gasteiger partial charge in [0.15, 0.2) is 12.0 Å². The van der Waals surface area contributed by atoms with Crippen LogP contribution in [0.25, 0.3) is 11.1 Å². The van der Waals surface area contributed by atoms with Crippen LogP contribution in [0.1, 0.15) is 12.8 Å². The summed E-state index contributed by atoms with van der Waals surface area (Å²) in [7, 11) is 0. The lowest BCUT2D eigenvalue weighted by molar-refractivity contribution is 0.0902. The van der Waals surface area contributed by atoms with Gasteiger partial charge in [-0.3, -0.25) is 0 Å². The van der Waals surface area contributed by atoms with Crippen LogP contribution >= 0.6 is 0 Å². The zero-order valence-electron chi connectivity index (χ0n) is 9.37. The lowest BCUT2D eigenvalue weighted by Gasteiger charge is -2.35. The highest BCUT2D eigenvalue weighted by atomic mass is 16.5. The Hall–Kier alpha value is -1.62. The van der Waals surface area contributed by atoms with Crippen molar-refractivity contribution in [3.8, 4) is 0 Å². The summed E-state index contributed by atoms with van der Waals surface area (Å²) < 4.78 is 10.9. The Labute approximate surface area is 98.4 Å². The highest BCUT2D eigenvalue weighted by molar-refractivity contribution is 5.74. The van der Waals surface area contributed by atoms with Gasteiger partial charge < -0.3 is 14.1 Å². The lowest BCUT2D eigenvalue weighted by atomic mass is 10.2. The van der Waals surface area contributed by atoms with Crippen LogP contribution in [0.5, 0.6) is 0 Å². The van der Waals surface area contributed by atoms with Crippen LogP contribution in [0, 0.1) is 0 Å². The van der Waals surface area contributed by atoms with Gasteiger partial charge in [0.2, 0.25) is 0 Å². The molecule has 4 rings (SSSR count). The smallest absolute Gasteiger partial charge is 0.182 e. The van der Waals surface area contributed by atoms with E-state index in [0.29, 0.717) is 12.1 Å². The summed E-state index contributed by atoms with van der Waals surface area (Å²) in [5, 5.41) is 0. The first-order valence-electron chi connectivity index (χ1n) is 5.97. The highest BCUT2D eigenvalue weighted by Crippen LogP contribution is 2.33. The van der Waals surface area contributed by atoms with Gasteiger partial charge in [-0.2, -0.15) is 0 Å². The summed E-state index contributed by atoms with van der Waals surface area (Å²) in [6.45, 7) is 1.62. The molecule has 88 valence electrons. The number of fused-ring (bicyclic) bond motifs is 3. The summed E-state index contributed by atoms with van der Waals surface area (Å²) in [6.07, 6.45) is 5.63. The van der Waals surface area contributed by atoms with E-state index in [1.807, 2.05) is 6.07 Å². The van der Waals surface area contributed by atoms with E-state index in [9.17, 15) is 0 Å². The molecule has 0 aromatic carbocycles. The number of hydrogen-bond donors (Lipinski definition) is 0. The molecular weight excluding hydrogens is 218 g/mol.